The molecule has 0 spiro atoms. The van der Waals surface area contributed by atoms with Crippen LogP contribution in [0.1, 0.15) is 87.3 Å². The van der Waals surface area contributed by atoms with Gasteiger partial charge in [-0.15, -0.1) is 0 Å². The van der Waals surface area contributed by atoms with Crippen molar-refractivity contribution in [2.45, 2.75) is 78.3 Å². The van der Waals surface area contributed by atoms with Crippen LogP contribution in [0.2, 0.25) is 0 Å². The lowest BCUT2D eigenvalue weighted by Crippen LogP contribution is -2.34. The van der Waals surface area contributed by atoms with Gasteiger partial charge in [-0.1, -0.05) is 52.7 Å². The zero-order valence-corrected chi connectivity index (χ0v) is 20.5. The maximum absolute atomic E-state index is 12.7. The van der Waals surface area contributed by atoms with Crippen LogP contribution in [-0.4, -0.2) is 39.1 Å². The van der Waals surface area contributed by atoms with Crippen molar-refractivity contribution in [1.82, 2.24) is 25.8 Å². The standard InChI is InChI=1S/C26H35N5O3/c1-5-10-20(11-6-2)29-24(32)22-15-21(30-31-22)17-12-9-13-18(14-17)26-27-16-23(34-26)25(33)28-19(7-3)8-4/h9,12-16,19-20H,5-8,10-11H2,1-4H3,(H,28,33)(H,29,32)(H,30,31). The van der Waals surface area contributed by atoms with Crippen LogP contribution in [-0.2, 0) is 0 Å². The number of aromatic nitrogens is 3. The summed E-state index contributed by atoms with van der Waals surface area (Å²) in [5.41, 5.74) is 2.64. The fraction of sp³-hybridized carbons (Fsp3) is 0.462. The smallest absolute Gasteiger partial charge is 0.288 e. The Morgan fingerprint density at radius 1 is 0.941 bits per heavy atom. The zero-order chi connectivity index (χ0) is 24.5. The Kier molecular flexibility index (Phi) is 9.01. The number of oxazole rings is 1. The number of benzene rings is 1. The largest absolute Gasteiger partial charge is 0.431 e. The maximum Gasteiger partial charge on any atom is 0.288 e. The van der Waals surface area contributed by atoms with Gasteiger partial charge in [-0.25, -0.2) is 4.98 Å². The van der Waals surface area contributed by atoms with E-state index in [9.17, 15) is 9.59 Å². The number of nitrogens with one attached hydrogen (secondary N) is 3. The van der Waals surface area contributed by atoms with Crippen LogP contribution in [0.5, 0.6) is 0 Å². The highest BCUT2D eigenvalue weighted by Gasteiger charge is 2.18. The van der Waals surface area contributed by atoms with Gasteiger partial charge in [0.15, 0.2) is 5.69 Å². The first-order valence-electron chi connectivity index (χ1n) is 12.2. The summed E-state index contributed by atoms with van der Waals surface area (Å²) in [6.45, 7) is 8.30. The normalized spacial score (nSPS) is 11.2. The molecule has 2 amide bonds. The highest BCUT2D eigenvalue weighted by Crippen LogP contribution is 2.26. The molecule has 0 bridgehead atoms. The number of hydrogen-bond acceptors (Lipinski definition) is 5. The highest BCUT2D eigenvalue weighted by molar-refractivity contribution is 5.93. The van der Waals surface area contributed by atoms with E-state index >= 15 is 0 Å². The molecule has 3 rings (SSSR count). The number of hydrogen-bond donors (Lipinski definition) is 3. The van der Waals surface area contributed by atoms with E-state index in [0.717, 1.165) is 49.7 Å². The number of rotatable bonds is 12. The molecule has 2 heterocycles. The minimum absolute atomic E-state index is 0.107. The molecule has 0 aliphatic rings. The number of nitrogens with zero attached hydrogens (tertiary/aromatic N) is 2. The zero-order valence-electron chi connectivity index (χ0n) is 20.5. The van der Waals surface area contributed by atoms with Crippen molar-refractivity contribution in [1.29, 1.82) is 0 Å². The SMILES string of the molecule is CCCC(CCC)NC(=O)c1cc(-c2cccc(-c3ncc(C(=O)NC(CC)CC)o3)c2)[nH]n1. The molecule has 34 heavy (non-hydrogen) atoms. The quantitative estimate of drug-likeness (QED) is 0.334. The summed E-state index contributed by atoms with van der Waals surface area (Å²) in [4.78, 5) is 29.4. The summed E-state index contributed by atoms with van der Waals surface area (Å²) in [5, 5.41) is 13.2. The lowest BCUT2D eigenvalue weighted by Gasteiger charge is -2.16. The molecule has 182 valence electrons. The Balaban J connectivity index is 1.73. The monoisotopic (exact) mass is 465 g/mol. The summed E-state index contributed by atoms with van der Waals surface area (Å²) < 4.78 is 5.73. The summed E-state index contributed by atoms with van der Waals surface area (Å²) >= 11 is 0. The van der Waals surface area contributed by atoms with Crippen molar-refractivity contribution in [2.75, 3.05) is 0 Å². The van der Waals surface area contributed by atoms with Crippen LogP contribution < -0.4 is 10.6 Å². The van der Waals surface area contributed by atoms with Crippen LogP contribution >= 0.6 is 0 Å². The van der Waals surface area contributed by atoms with Gasteiger partial charge in [0.2, 0.25) is 11.7 Å². The first-order valence-corrected chi connectivity index (χ1v) is 12.2. The van der Waals surface area contributed by atoms with E-state index in [0.29, 0.717) is 17.3 Å². The van der Waals surface area contributed by atoms with E-state index < -0.39 is 0 Å². The minimum Gasteiger partial charge on any atom is -0.431 e. The Morgan fingerprint density at radius 3 is 2.29 bits per heavy atom. The van der Waals surface area contributed by atoms with Crippen molar-refractivity contribution in [3.05, 3.63) is 48.0 Å². The molecule has 0 atom stereocenters. The van der Waals surface area contributed by atoms with Crippen LogP contribution in [0.3, 0.4) is 0 Å². The molecule has 8 nitrogen and oxygen atoms in total. The molecule has 2 aromatic heterocycles. The number of carbonyl (C=O) groups excluding carboxylic acids is 2. The van der Waals surface area contributed by atoms with E-state index in [1.54, 1.807) is 6.07 Å². The van der Waals surface area contributed by atoms with Gasteiger partial charge in [-0.2, -0.15) is 5.10 Å². The molecule has 0 saturated carbocycles. The Hall–Kier alpha value is -3.42. The molecule has 0 saturated heterocycles. The van der Waals surface area contributed by atoms with Gasteiger partial charge in [-0.05, 0) is 43.9 Å². The molecule has 0 aliphatic heterocycles. The van der Waals surface area contributed by atoms with Crippen LogP contribution in [0.4, 0.5) is 0 Å². The maximum atomic E-state index is 12.7. The average Bonchev–Trinajstić information content (AvgIpc) is 3.53. The van der Waals surface area contributed by atoms with Crippen LogP contribution in [0, 0.1) is 0 Å². The van der Waals surface area contributed by atoms with Crippen LogP contribution in [0.25, 0.3) is 22.7 Å². The second-order valence-corrected chi connectivity index (χ2v) is 8.51. The third-order valence-corrected chi connectivity index (χ3v) is 5.89. The van der Waals surface area contributed by atoms with Crippen molar-refractivity contribution in [3.63, 3.8) is 0 Å². The lowest BCUT2D eigenvalue weighted by atomic mass is 10.1. The fourth-order valence-corrected chi connectivity index (χ4v) is 3.91. The first kappa shape index (κ1) is 25.2. The fourth-order valence-electron chi connectivity index (χ4n) is 3.91. The molecule has 3 aromatic rings. The molecule has 8 heteroatoms. The molecule has 3 N–H and O–H groups in total. The van der Waals surface area contributed by atoms with Gasteiger partial charge in [0.05, 0.1) is 11.9 Å². The third-order valence-electron chi connectivity index (χ3n) is 5.89. The summed E-state index contributed by atoms with van der Waals surface area (Å²) in [6.07, 6.45) is 7.10. The van der Waals surface area contributed by atoms with E-state index in [1.807, 2.05) is 38.1 Å². The Bertz CT molecular complexity index is 1080. The number of H-pyrrole nitrogens is 1. The van der Waals surface area contributed by atoms with Crippen molar-refractivity contribution >= 4 is 11.8 Å². The van der Waals surface area contributed by atoms with Crippen molar-refractivity contribution in [2.24, 2.45) is 0 Å². The summed E-state index contributed by atoms with van der Waals surface area (Å²) in [5.74, 6) is 0.0983. The Morgan fingerprint density at radius 2 is 1.62 bits per heavy atom. The third kappa shape index (κ3) is 6.34. The number of carbonyl (C=O) groups is 2. The van der Waals surface area contributed by atoms with Gasteiger partial charge in [0.25, 0.3) is 11.8 Å². The van der Waals surface area contributed by atoms with Gasteiger partial charge in [0, 0.05) is 23.2 Å². The second kappa shape index (κ2) is 12.2. The van der Waals surface area contributed by atoms with Gasteiger partial charge < -0.3 is 15.1 Å². The van der Waals surface area contributed by atoms with Gasteiger partial charge >= 0.3 is 0 Å². The van der Waals surface area contributed by atoms with Gasteiger partial charge in [0.1, 0.15) is 0 Å². The highest BCUT2D eigenvalue weighted by atomic mass is 16.4. The molecule has 0 aliphatic carbocycles. The lowest BCUT2D eigenvalue weighted by molar-refractivity contribution is 0.0905. The molecule has 1 aromatic carbocycles. The van der Waals surface area contributed by atoms with E-state index in [4.69, 9.17) is 4.42 Å². The van der Waals surface area contributed by atoms with Crippen molar-refractivity contribution in [3.8, 4) is 22.7 Å². The van der Waals surface area contributed by atoms with E-state index in [1.165, 1.54) is 6.20 Å². The summed E-state index contributed by atoms with van der Waals surface area (Å²) in [7, 11) is 0. The minimum atomic E-state index is -0.266. The predicted octanol–water partition coefficient (Wildman–Crippen LogP) is 5.35. The van der Waals surface area contributed by atoms with E-state index in [2.05, 4.69) is 39.7 Å². The summed E-state index contributed by atoms with van der Waals surface area (Å²) in [6, 6.07) is 9.55. The molecular formula is C26H35N5O3. The molecule has 0 fully saturated rings. The van der Waals surface area contributed by atoms with Crippen LogP contribution in [0.15, 0.2) is 40.9 Å². The molecule has 0 radical (unpaired) electrons. The first-order chi connectivity index (χ1) is 16.5. The number of aromatic amines is 1. The number of amides is 2. The Labute approximate surface area is 200 Å². The molecule has 0 unspecified atom stereocenters. The van der Waals surface area contributed by atoms with E-state index in [-0.39, 0.29) is 29.7 Å². The topological polar surface area (TPSA) is 113 Å². The van der Waals surface area contributed by atoms with Crippen molar-refractivity contribution < 1.29 is 14.0 Å². The molecular weight excluding hydrogens is 430 g/mol. The van der Waals surface area contributed by atoms with Gasteiger partial charge in [-0.3, -0.25) is 14.7 Å². The predicted molar refractivity (Wildman–Crippen MR) is 132 cm³/mol. The second-order valence-electron chi connectivity index (χ2n) is 8.51. The average molecular weight is 466 g/mol.